The zero-order valence-electron chi connectivity index (χ0n) is 6.58. The molecule has 0 saturated carbocycles. The maximum Gasteiger partial charge on any atom is 0.238 e. The Hall–Kier alpha value is 0.0769. The fourth-order valence-corrected chi connectivity index (χ4v) is 1.40. The number of rotatable bonds is 6. The lowest BCUT2D eigenvalue weighted by Crippen LogP contribution is -1.89. The Morgan fingerprint density at radius 2 is 1.60 bits per heavy atom. The first-order valence-electron chi connectivity index (χ1n) is 4.05. The van der Waals surface area contributed by atoms with Crippen LogP contribution in [0.2, 0.25) is 6.04 Å². The molecule has 0 aliphatic rings. The monoisotopic (exact) mass is 166 g/mol. The zero-order valence-corrected chi connectivity index (χ0v) is 8.58. The molecule has 0 rings (SSSR count). The molecular weight excluding hydrogens is 150 g/mol. The molecule has 0 aliphatic carbocycles. The molecule has 0 unspecified atom stereocenters. The molecule has 0 bridgehead atoms. The van der Waals surface area contributed by atoms with E-state index in [2.05, 4.69) is 0 Å². The second kappa shape index (κ2) is 7.19. The van der Waals surface area contributed by atoms with Crippen molar-refractivity contribution >= 4 is 10.2 Å². The molecule has 0 amide bonds. The molecule has 0 aromatic carbocycles. The lowest BCUT2D eigenvalue weighted by Gasteiger charge is -1.98. The first-order valence-corrected chi connectivity index (χ1v) is 5.47. The van der Waals surface area contributed by atoms with Crippen LogP contribution >= 0.6 is 0 Å². The van der Waals surface area contributed by atoms with Gasteiger partial charge in [0.05, 0.1) is 0 Å². The van der Waals surface area contributed by atoms with Gasteiger partial charge < -0.3 is 0 Å². The maximum atomic E-state index is 11.6. The number of halogens is 2. The van der Waals surface area contributed by atoms with Crippen molar-refractivity contribution < 1.29 is 8.78 Å². The normalized spacial score (nSPS) is 11.1. The Labute approximate surface area is 64.4 Å². The van der Waals surface area contributed by atoms with Crippen LogP contribution in [0, 0.1) is 0 Å². The van der Waals surface area contributed by atoms with E-state index in [9.17, 15) is 8.78 Å². The fourth-order valence-electron chi connectivity index (χ4n) is 0.902. The van der Waals surface area contributed by atoms with E-state index < -0.39 is 6.43 Å². The van der Waals surface area contributed by atoms with Crippen molar-refractivity contribution in [1.82, 2.24) is 0 Å². The summed E-state index contributed by atoms with van der Waals surface area (Å²) in [4.78, 5) is 0. The average Bonchev–Trinajstić information content (AvgIpc) is 1.87. The smallest absolute Gasteiger partial charge is 0.211 e. The third-order valence-electron chi connectivity index (χ3n) is 1.53. The van der Waals surface area contributed by atoms with Crippen LogP contribution in [-0.4, -0.2) is 16.7 Å². The SMILES string of the molecule is FC(F)CCCCCC[SiH3]. The molecule has 0 spiro atoms. The highest BCUT2D eigenvalue weighted by Crippen LogP contribution is 2.09. The first kappa shape index (κ1) is 10.1. The summed E-state index contributed by atoms with van der Waals surface area (Å²) in [5, 5.41) is 0. The summed E-state index contributed by atoms with van der Waals surface area (Å²) in [7, 11) is 1.26. The summed E-state index contributed by atoms with van der Waals surface area (Å²) in [6.45, 7) is 0. The Morgan fingerprint density at radius 1 is 1.00 bits per heavy atom. The van der Waals surface area contributed by atoms with E-state index in [1.807, 2.05) is 0 Å². The molecule has 0 aromatic rings. The Balaban J connectivity index is 2.77. The number of alkyl halides is 2. The number of hydrogen-bond acceptors (Lipinski definition) is 0. The second-order valence-corrected chi connectivity index (χ2v) is 3.59. The topological polar surface area (TPSA) is 0 Å². The van der Waals surface area contributed by atoms with Gasteiger partial charge in [0.2, 0.25) is 6.43 Å². The van der Waals surface area contributed by atoms with Crippen LogP contribution in [0.1, 0.15) is 32.1 Å². The van der Waals surface area contributed by atoms with Crippen LogP contribution in [0.3, 0.4) is 0 Å². The van der Waals surface area contributed by atoms with Gasteiger partial charge in [-0.3, -0.25) is 0 Å². The van der Waals surface area contributed by atoms with Crippen molar-refractivity contribution in [2.75, 3.05) is 0 Å². The average molecular weight is 166 g/mol. The van der Waals surface area contributed by atoms with Crippen molar-refractivity contribution in [3.05, 3.63) is 0 Å². The van der Waals surface area contributed by atoms with Gasteiger partial charge in [-0.05, 0) is 6.42 Å². The molecule has 0 atom stereocenters. The third kappa shape index (κ3) is 8.08. The minimum atomic E-state index is -2.09. The highest BCUT2D eigenvalue weighted by molar-refractivity contribution is 6.08. The predicted molar refractivity (Wildman–Crippen MR) is 43.8 cm³/mol. The Kier molecular flexibility index (Phi) is 7.24. The number of unbranched alkanes of at least 4 members (excludes halogenated alkanes) is 3. The lowest BCUT2D eigenvalue weighted by atomic mass is 10.2. The van der Waals surface area contributed by atoms with E-state index in [1.165, 1.54) is 22.7 Å². The summed E-state index contributed by atoms with van der Waals surface area (Å²) in [6, 6.07) is 1.31. The van der Waals surface area contributed by atoms with Crippen LogP contribution < -0.4 is 0 Å². The largest absolute Gasteiger partial charge is 0.238 e. The first-order chi connectivity index (χ1) is 4.77. The summed E-state index contributed by atoms with van der Waals surface area (Å²) < 4.78 is 23.1. The summed E-state index contributed by atoms with van der Waals surface area (Å²) >= 11 is 0. The summed E-state index contributed by atoms with van der Waals surface area (Å²) in [5.74, 6) is 0. The van der Waals surface area contributed by atoms with E-state index in [1.54, 1.807) is 0 Å². The van der Waals surface area contributed by atoms with Crippen LogP contribution in [0.25, 0.3) is 0 Å². The molecule has 0 N–H and O–H groups in total. The molecule has 10 heavy (non-hydrogen) atoms. The van der Waals surface area contributed by atoms with Gasteiger partial charge in [0.15, 0.2) is 0 Å². The molecule has 0 saturated heterocycles. The Bertz CT molecular complexity index is 66.6. The molecule has 0 nitrogen and oxygen atoms in total. The van der Waals surface area contributed by atoms with E-state index in [-0.39, 0.29) is 6.42 Å². The van der Waals surface area contributed by atoms with E-state index in [0.29, 0.717) is 6.42 Å². The predicted octanol–water partition coefficient (Wildman–Crippen LogP) is 1.99. The molecule has 3 heteroatoms. The highest BCUT2D eigenvalue weighted by Gasteiger charge is 1.99. The molecule has 0 fully saturated rings. The van der Waals surface area contributed by atoms with Gasteiger partial charge in [-0.25, -0.2) is 8.78 Å². The van der Waals surface area contributed by atoms with Crippen molar-refractivity contribution in [2.24, 2.45) is 0 Å². The Morgan fingerprint density at radius 3 is 2.10 bits per heavy atom. The van der Waals surface area contributed by atoms with E-state index >= 15 is 0 Å². The molecule has 0 radical (unpaired) electrons. The molecular formula is C7H16F2Si. The molecule has 0 aliphatic heterocycles. The van der Waals surface area contributed by atoms with Gasteiger partial charge in [-0.1, -0.05) is 25.3 Å². The summed E-state index contributed by atoms with van der Waals surface area (Å²) in [6.07, 6.45) is 2.11. The van der Waals surface area contributed by atoms with Gasteiger partial charge in [0.1, 0.15) is 0 Å². The van der Waals surface area contributed by atoms with Gasteiger partial charge >= 0.3 is 0 Å². The summed E-state index contributed by atoms with van der Waals surface area (Å²) in [5.41, 5.74) is 0. The van der Waals surface area contributed by atoms with E-state index in [0.717, 1.165) is 12.8 Å². The fraction of sp³-hybridized carbons (Fsp3) is 1.00. The molecule has 0 heterocycles. The van der Waals surface area contributed by atoms with Crippen LogP contribution in [0.4, 0.5) is 8.78 Å². The lowest BCUT2D eigenvalue weighted by molar-refractivity contribution is 0.134. The van der Waals surface area contributed by atoms with Crippen molar-refractivity contribution in [3.8, 4) is 0 Å². The number of hydrogen-bond donors (Lipinski definition) is 0. The van der Waals surface area contributed by atoms with Gasteiger partial charge in [0.25, 0.3) is 0 Å². The third-order valence-corrected chi connectivity index (χ3v) is 2.23. The van der Waals surface area contributed by atoms with Gasteiger partial charge in [-0.15, -0.1) is 0 Å². The van der Waals surface area contributed by atoms with E-state index in [4.69, 9.17) is 0 Å². The maximum absolute atomic E-state index is 11.6. The van der Waals surface area contributed by atoms with Crippen LogP contribution in [0.5, 0.6) is 0 Å². The quantitative estimate of drug-likeness (QED) is 0.418. The van der Waals surface area contributed by atoms with Gasteiger partial charge in [-0.2, -0.15) is 0 Å². The molecule has 62 valence electrons. The zero-order chi connectivity index (χ0) is 7.82. The minimum absolute atomic E-state index is 0.0984. The van der Waals surface area contributed by atoms with Gasteiger partial charge in [0, 0.05) is 16.7 Å². The van der Waals surface area contributed by atoms with Crippen LogP contribution in [0.15, 0.2) is 0 Å². The van der Waals surface area contributed by atoms with Crippen molar-refractivity contribution in [2.45, 2.75) is 44.6 Å². The van der Waals surface area contributed by atoms with Crippen LogP contribution in [-0.2, 0) is 0 Å². The van der Waals surface area contributed by atoms with Crippen molar-refractivity contribution in [3.63, 3.8) is 0 Å². The van der Waals surface area contributed by atoms with Crippen molar-refractivity contribution in [1.29, 1.82) is 0 Å². The highest BCUT2D eigenvalue weighted by atomic mass is 28.1. The minimum Gasteiger partial charge on any atom is -0.211 e. The second-order valence-electron chi connectivity index (χ2n) is 2.59. The molecule has 0 aromatic heterocycles. The standard InChI is InChI=1S/C7H16F2Si/c8-7(9)5-3-1-2-4-6-10/h7H,1-6H2,10H3.